The van der Waals surface area contributed by atoms with Gasteiger partial charge in [-0.1, -0.05) is 20.3 Å². The van der Waals surface area contributed by atoms with Crippen LogP contribution < -0.4 is 5.73 Å². The minimum atomic E-state index is 0.0538. The van der Waals surface area contributed by atoms with Crippen molar-refractivity contribution in [2.24, 2.45) is 17.1 Å². The van der Waals surface area contributed by atoms with Gasteiger partial charge in [0.1, 0.15) is 0 Å². The Bertz CT molecular complexity index is 356. The van der Waals surface area contributed by atoms with Crippen LogP contribution in [-0.2, 0) is 9.53 Å². The van der Waals surface area contributed by atoms with E-state index in [1.54, 1.807) is 0 Å². The molecule has 0 aromatic rings. The first kappa shape index (κ1) is 15.8. The molecule has 2 aliphatic rings. The van der Waals surface area contributed by atoms with Crippen molar-refractivity contribution in [3.8, 4) is 0 Å². The molecule has 2 N–H and O–H groups in total. The minimum Gasteiger partial charge on any atom is -0.378 e. The monoisotopic (exact) mass is 282 g/mol. The molecule has 2 unspecified atom stereocenters. The standard InChI is InChI=1S/C16H30N2O2/c1-5-20-14-10-13(16(14,2)3)18(4)15(19)9-11-7-6-8-12(11)17/h11-14H,5-10,17H2,1-4H3/t11-,12+,13?,14?/m0/s1. The molecular formula is C16H30N2O2. The number of carbonyl (C=O) groups excluding carboxylic acids is 1. The summed E-state index contributed by atoms with van der Waals surface area (Å²) in [6.45, 7) is 7.17. The third-order valence-electron chi connectivity index (χ3n) is 5.51. The predicted molar refractivity (Wildman–Crippen MR) is 80.3 cm³/mol. The van der Waals surface area contributed by atoms with Gasteiger partial charge in [-0.25, -0.2) is 0 Å². The van der Waals surface area contributed by atoms with Crippen LogP contribution >= 0.6 is 0 Å². The maximum atomic E-state index is 12.5. The van der Waals surface area contributed by atoms with E-state index in [-0.39, 0.29) is 23.5 Å². The Morgan fingerprint density at radius 3 is 2.60 bits per heavy atom. The van der Waals surface area contributed by atoms with Crippen LogP contribution in [0.15, 0.2) is 0 Å². The lowest BCUT2D eigenvalue weighted by Gasteiger charge is -2.55. The molecule has 0 radical (unpaired) electrons. The molecule has 4 nitrogen and oxygen atoms in total. The van der Waals surface area contributed by atoms with Crippen molar-refractivity contribution in [1.82, 2.24) is 4.90 Å². The van der Waals surface area contributed by atoms with E-state index in [0.717, 1.165) is 25.9 Å². The molecule has 116 valence electrons. The molecule has 1 amide bonds. The van der Waals surface area contributed by atoms with E-state index in [1.165, 1.54) is 6.42 Å². The van der Waals surface area contributed by atoms with Crippen molar-refractivity contribution >= 4 is 5.91 Å². The molecule has 2 aliphatic carbocycles. The highest BCUT2D eigenvalue weighted by molar-refractivity contribution is 5.77. The van der Waals surface area contributed by atoms with Crippen LogP contribution in [0, 0.1) is 11.3 Å². The van der Waals surface area contributed by atoms with Gasteiger partial charge in [-0.3, -0.25) is 4.79 Å². The summed E-state index contributed by atoms with van der Waals surface area (Å²) in [6, 6.07) is 0.516. The summed E-state index contributed by atoms with van der Waals surface area (Å²) in [7, 11) is 1.94. The fourth-order valence-corrected chi connectivity index (χ4v) is 3.87. The number of ether oxygens (including phenoxy) is 1. The highest BCUT2D eigenvalue weighted by Crippen LogP contribution is 2.45. The molecule has 0 aromatic heterocycles. The SMILES string of the molecule is CCOC1CC(N(C)C(=O)C[C@@H]2CCC[C@H]2N)C1(C)C. The Kier molecular flexibility index (Phi) is 4.75. The van der Waals surface area contributed by atoms with Gasteiger partial charge in [0.2, 0.25) is 5.91 Å². The quantitative estimate of drug-likeness (QED) is 0.841. The van der Waals surface area contributed by atoms with Gasteiger partial charge in [0.15, 0.2) is 0 Å². The molecule has 2 saturated carbocycles. The lowest BCUT2D eigenvalue weighted by molar-refractivity contribution is -0.164. The maximum Gasteiger partial charge on any atom is 0.222 e. The van der Waals surface area contributed by atoms with E-state index < -0.39 is 0 Å². The molecule has 0 aromatic carbocycles. The largest absolute Gasteiger partial charge is 0.378 e. The molecule has 0 saturated heterocycles. The number of rotatable bonds is 5. The third-order valence-corrected chi connectivity index (χ3v) is 5.51. The second-order valence-corrected chi connectivity index (χ2v) is 7.08. The van der Waals surface area contributed by atoms with Crippen molar-refractivity contribution in [1.29, 1.82) is 0 Å². The lowest BCUT2D eigenvalue weighted by Crippen LogP contribution is -2.62. The van der Waals surface area contributed by atoms with E-state index in [0.29, 0.717) is 18.4 Å². The molecule has 0 bridgehead atoms. The normalized spacial score (nSPS) is 35.6. The van der Waals surface area contributed by atoms with Crippen molar-refractivity contribution in [2.45, 2.75) is 71.1 Å². The fraction of sp³-hybridized carbons (Fsp3) is 0.938. The van der Waals surface area contributed by atoms with Crippen LogP contribution in [0.5, 0.6) is 0 Å². The predicted octanol–water partition coefficient (Wildman–Crippen LogP) is 2.17. The van der Waals surface area contributed by atoms with Crippen LogP contribution in [0.4, 0.5) is 0 Å². The average Bonchev–Trinajstić information content (AvgIpc) is 2.79. The van der Waals surface area contributed by atoms with Gasteiger partial charge in [0.05, 0.1) is 6.10 Å². The Labute approximate surface area is 123 Å². The Balaban J connectivity index is 1.88. The summed E-state index contributed by atoms with van der Waals surface area (Å²) in [5.74, 6) is 0.635. The van der Waals surface area contributed by atoms with Crippen LogP contribution in [0.2, 0.25) is 0 Å². The first-order chi connectivity index (χ1) is 9.37. The zero-order valence-corrected chi connectivity index (χ0v) is 13.4. The van der Waals surface area contributed by atoms with E-state index in [2.05, 4.69) is 13.8 Å². The van der Waals surface area contributed by atoms with E-state index in [4.69, 9.17) is 10.5 Å². The molecule has 0 heterocycles. The first-order valence-electron chi connectivity index (χ1n) is 8.00. The van der Waals surface area contributed by atoms with Gasteiger partial charge >= 0.3 is 0 Å². The van der Waals surface area contributed by atoms with Gasteiger partial charge < -0.3 is 15.4 Å². The van der Waals surface area contributed by atoms with E-state index in [9.17, 15) is 4.79 Å². The number of nitrogens with zero attached hydrogens (tertiary/aromatic N) is 1. The Hall–Kier alpha value is -0.610. The van der Waals surface area contributed by atoms with Gasteiger partial charge in [-0.15, -0.1) is 0 Å². The van der Waals surface area contributed by atoms with E-state index >= 15 is 0 Å². The summed E-state index contributed by atoms with van der Waals surface area (Å²) < 4.78 is 5.75. The van der Waals surface area contributed by atoms with Crippen molar-refractivity contribution in [3.05, 3.63) is 0 Å². The van der Waals surface area contributed by atoms with E-state index in [1.807, 2.05) is 18.9 Å². The van der Waals surface area contributed by atoms with Crippen LogP contribution in [0.1, 0.15) is 52.9 Å². The molecule has 2 rings (SSSR count). The topological polar surface area (TPSA) is 55.6 Å². The fourth-order valence-electron chi connectivity index (χ4n) is 3.87. The molecule has 20 heavy (non-hydrogen) atoms. The molecule has 2 fully saturated rings. The van der Waals surface area contributed by atoms with Crippen LogP contribution in [0.25, 0.3) is 0 Å². The van der Waals surface area contributed by atoms with Crippen molar-refractivity contribution < 1.29 is 9.53 Å². The summed E-state index contributed by atoms with van der Waals surface area (Å²) in [5, 5.41) is 0. The van der Waals surface area contributed by atoms with Gasteiger partial charge in [0, 0.05) is 37.6 Å². The summed E-state index contributed by atoms with van der Waals surface area (Å²) in [5.41, 5.74) is 6.13. The smallest absolute Gasteiger partial charge is 0.222 e. The molecule has 0 aliphatic heterocycles. The zero-order valence-electron chi connectivity index (χ0n) is 13.4. The van der Waals surface area contributed by atoms with Crippen LogP contribution in [-0.4, -0.2) is 42.6 Å². The average molecular weight is 282 g/mol. The second-order valence-electron chi connectivity index (χ2n) is 7.08. The lowest BCUT2D eigenvalue weighted by atomic mass is 9.63. The molecule has 0 spiro atoms. The minimum absolute atomic E-state index is 0.0538. The zero-order chi connectivity index (χ0) is 14.9. The van der Waals surface area contributed by atoms with Crippen molar-refractivity contribution in [3.63, 3.8) is 0 Å². The molecule has 4 heteroatoms. The van der Waals surface area contributed by atoms with Gasteiger partial charge in [-0.2, -0.15) is 0 Å². The van der Waals surface area contributed by atoms with Gasteiger partial charge in [-0.05, 0) is 32.1 Å². The Morgan fingerprint density at radius 2 is 2.10 bits per heavy atom. The number of nitrogens with two attached hydrogens (primary N) is 1. The second kappa shape index (κ2) is 6.02. The number of amides is 1. The van der Waals surface area contributed by atoms with Gasteiger partial charge in [0.25, 0.3) is 0 Å². The number of hydrogen-bond acceptors (Lipinski definition) is 3. The first-order valence-corrected chi connectivity index (χ1v) is 8.00. The molecule has 4 atom stereocenters. The molecular weight excluding hydrogens is 252 g/mol. The highest BCUT2D eigenvalue weighted by atomic mass is 16.5. The summed E-state index contributed by atoms with van der Waals surface area (Å²) in [6.07, 6.45) is 5.20. The van der Waals surface area contributed by atoms with Crippen LogP contribution in [0.3, 0.4) is 0 Å². The number of carbonyl (C=O) groups is 1. The maximum absolute atomic E-state index is 12.5. The van der Waals surface area contributed by atoms with Crippen molar-refractivity contribution in [2.75, 3.05) is 13.7 Å². The highest BCUT2D eigenvalue weighted by Gasteiger charge is 2.51. The summed E-state index contributed by atoms with van der Waals surface area (Å²) >= 11 is 0. The summed E-state index contributed by atoms with van der Waals surface area (Å²) in [4.78, 5) is 14.4. The third kappa shape index (κ3) is 2.86. The number of hydrogen-bond donors (Lipinski definition) is 1. The Morgan fingerprint density at radius 1 is 1.40 bits per heavy atom.